The Morgan fingerprint density at radius 1 is 0.500 bits per heavy atom. The smallest absolute Gasteiger partial charge is 0.0461 e. The van der Waals surface area contributed by atoms with E-state index >= 15 is 0 Å². The zero-order valence-corrected chi connectivity index (χ0v) is 19.9. The summed E-state index contributed by atoms with van der Waals surface area (Å²) >= 11 is 0. The van der Waals surface area contributed by atoms with Crippen molar-refractivity contribution in [2.45, 2.75) is 46.5 Å². The Labute approximate surface area is 193 Å². The van der Waals surface area contributed by atoms with Gasteiger partial charge in [0, 0.05) is 17.1 Å². The lowest BCUT2D eigenvalue weighted by atomic mass is 9.86. The number of rotatable bonds is 5. The van der Waals surface area contributed by atoms with Crippen LogP contribution in [0.4, 0.5) is 17.1 Å². The lowest BCUT2D eigenvalue weighted by molar-refractivity contribution is 0.590. The van der Waals surface area contributed by atoms with Crippen molar-refractivity contribution in [1.82, 2.24) is 0 Å². The molecule has 0 bridgehead atoms. The highest BCUT2D eigenvalue weighted by molar-refractivity contribution is 5.76. The monoisotopic (exact) mass is 419 g/mol. The normalized spacial score (nSPS) is 11.4. The quantitative estimate of drug-likeness (QED) is 0.313. The molecular formula is C31H33N. The van der Waals surface area contributed by atoms with Crippen LogP contribution in [-0.2, 0) is 11.8 Å². The van der Waals surface area contributed by atoms with Crippen LogP contribution in [0, 0.1) is 13.8 Å². The van der Waals surface area contributed by atoms with Crippen LogP contribution >= 0.6 is 0 Å². The molecule has 0 unspecified atom stereocenters. The average molecular weight is 420 g/mol. The van der Waals surface area contributed by atoms with Crippen molar-refractivity contribution in [3.8, 4) is 0 Å². The molecule has 4 aromatic carbocycles. The first-order chi connectivity index (χ1) is 15.3. The van der Waals surface area contributed by atoms with Gasteiger partial charge in [0.25, 0.3) is 0 Å². The molecule has 0 aliphatic rings. The van der Waals surface area contributed by atoms with Crippen LogP contribution in [0.2, 0.25) is 0 Å². The van der Waals surface area contributed by atoms with Crippen LogP contribution in [0.5, 0.6) is 0 Å². The van der Waals surface area contributed by atoms with E-state index in [1.54, 1.807) is 0 Å². The number of nitrogens with zero attached hydrogens (tertiary/aromatic N) is 1. The van der Waals surface area contributed by atoms with Crippen molar-refractivity contribution in [2.75, 3.05) is 4.90 Å². The Morgan fingerprint density at radius 3 is 1.22 bits per heavy atom. The summed E-state index contributed by atoms with van der Waals surface area (Å²) in [6.45, 7) is 11.0. The number of anilines is 3. The van der Waals surface area contributed by atoms with Gasteiger partial charge in [0.05, 0.1) is 0 Å². The summed E-state index contributed by atoms with van der Waals surface area (Å²) in [4.78, 5) is 2.32. The second-order valence-electron chi connectivity index (χ2n) is 9.80. The third-order valence-corrected chi connectivity index (χ3v) is 6.01. The fraction of sp³-hybridized carbons (Fsp3) is 0.226. The highest BCUT2D eigenvalue weighted by Gasteiger charge is 2.14. The summed E-state index contributed by atoms with van der Waals surface area (Å²) < 4.78 is 0. The maximum absolute atomic E-state index is 2.32. The number of benzene rings is 4. The second kappa shape index (κ2) is 9.04. The molecule has 0 fully saturated rings. The molecule has 4 aromatic rings. The Hall–Kier alpha value is -3.32. The minimum absolute atomic E-state index is 0.190. The SMILES string of the molecule is Cc1ccc(N(c2ccc(C)cc2)c2ccc(Cc3ccc(C(C)(C)C)cc3)cc2)cc1. The molecule has 4 rings (SSSR count). The average Bonchev–Trinajstić information content (AvgIpc) is 2.77. The third-order valence-electron chi connectivity index (χ3n) is 6.01. The second-order valence-corrected chi connectivity index (χ2v) is 9.80. The summed E-state index contributed by atoms with van der Waals surface area (Å²) in [5.41, 5.74) is 10.3. The van der Waals surface area contributed by atoms with Crippen molar-refractivity contribution in [1.29, 1.82) is 0 Å². The molecule has 162 valence electrons. The Bertz CT molecular complexity index is 1100. The van der Waals surface area contributed by atoms with E-state index in [2.05, 4.69) is 137 Å². The zero-order valence-electron chi connectivity index (χ0n) is 19.9. The van der Waals surface area contributed by atoms with E-state index in [1.165, 1.54) is 44.9 Å². The van der Waals surface area contributed by atoms with E-state index in [0.717, 1.165) is 6.42 Å². The molecule has 0 N–H and O–H groups in total. The topological polar surface area (TPSA) is 3.24 Å². The Balaban J connectivity index is 1.60. The maximum Gasteiger partial charge on any atom is 0.0461 e. The van der Waals surface area contributed by atoms with Gasteiger partial charge in [-0.1, -0.05) is 92.6 Å². The van der Waals surface area contributed by atoms with Crippen LogP contribution < -0.4 is 4.90 Å². The number of hydrogen-bond acceptors (Lipinski definition) is 1. The zero-order chi connectivity index (χ0) is 22.7. The predicted molar refractivity (Wildman–Crippen MR) is 139 cm³/mol. The first kappa shape index (κ1) is 21.9. The van der Waals surface area contributed by atoms with Gasteiger partial charge in [0.1, 0.15) is 0 Å². The molecule has 0 aromatic heterocycles. The van der Waals surface area contributed by atoms with E-state index in [-0.39, 0.29) is 5.41 Å². The van der Waals surface area contributed by atoms with E-state index in [1.807, 2.05) is 0 Å². The van der Waals surface area contributed by atoms with Crippen molar-refractivity contribution >= 4 is 17.1 Å². The standard InChI is InChI=1S/C31H33N/c1-23-6-16-28(17-7-23)32(29-18-8-24(2)9-19-29)30-20-12-26(13-21-30)22-25-10-14-27(15-11-25)31(3,4)5/h6-21H,22H2,1-5H3. The molecule has 0 saturated carbocycles. The predicted octanol–water partition coefficient (Wildman–Crippen LogP) is 8.66. The van der Waals surface area contributed by atoms with Crippen molar-refractivity contribution < 1.29 is 0 Å². The number of hydrogen-bond donors (Lipinski definition) is 0. The summed E-state index contributed by atoms with van der Waals surface area (Å²) in [7, 11) is 0. The van der Waals surface area contributed by atoms with Gasteiger partial charge in [0.15, 0.2) is 0 Å². The highest BCUT2D eigenvalue weighted by Crippen LogP contribution is 2.35. The maximum atomic E-state index is 2.32. The van der Waals surface area contributed by atoms with Crippen LogP contribution in [0.15, 0.2) is 97.1 Å². The van der Waals surface area contributed by atoms with E-state index in [0.29, 0.717) is 0 Å². The van der Waals surface area contributed by atoms with Gasteiger partial charge >= 0.3 is 0 Å². The summed E-state index contributed by atoms with van der Waals surface area (Å²) in [5, 5.41) is 0. The highest BCUT2D eigenvalue weighted by atomic mass is 15.1. The Kier molecular flexibility index (Phi) is 6.19. The fourth-order valence-corrected chi connectivity index (χ4v) is 3.96. The van der Waals surface area contributed by atoms with Gasteiger partial charge in [-0.25, -0.2) is 0 Å². The third kappa shape index (κ3) is 5.11. The largest absolute Gasteiger partial charge is 0.311 e. The van der Waals surface area contributed by atoms with Gasteiger partial charge in [-0.15, -0.1) is 0 Å². The molecule has 0 saturated heterocycles. The van der Waals surface area contributed by atoms with Crippen LogP contribution in [-0.4, -0.2) is 0 Å². The van der Waals surface area contributed by atoms with Crippen LogP contribution in [0.3, 0.4) is 0 Å². The van der Waals surface area contributed by atoms with Gasteiger partial charge in [-0.05, 0) is 78.8 Å². The lowest BCUT2D eigenvalue weighted by Gasteiger charge is -2.26. The van der Waals surface area contributed by atoms with E-state index < -0.39 is 0 Å². The molecule has 0 aliphatic heterocycles. The van der Waals surface area contributed by atoms with E-state index in [4.69, 9.17) is 0 Å². The summed E-state index contributed by atoms with van der Waals surface area (Å²) in [6, 6.07) is 35.5. The fourth-order valence-electron chi connectivity index (χ4n) is 3.96. The van der Waals surface area contributed by atoms with Gasteiger partial charge in [0.2, 0.25) is 0 Å². The molecule has 32 heavy (non-hydrogen) atoms. The molecule has 0 atom stereocenters. The van der Waals surface area contributed by atoms with Crippen LogP contribution in [0.1, 0.15) is 48.6 Å². The van der Waals surface area contributed by atoms with Crippen molar-refractivity contribution in [3.05, 3.63) is 125 Å². The molecule has 0 radical (unpaired) electrons. The molecule has 1 nitrogen and oxygen atoms in total. The molecule has 0 amide bonds. The molecule has 0 spiro atoms. The molecular weight excluding hydrogens is 386 g/mol. The Morgan fingerprint density at radius 2 is 0.844 bits per heavy atom. The molecule has 0 heterocycles. The van der Waals surface area contributed by atoms with Crippen LogP contribution in [0.25, 0.3) is 0 Å². The summed E-state index contributed by atoms with van der Waals surface area (Å²) in [5.74, 6) is 0. The molecule has 0 aliphatic carbocycles. The minimum Gasteiger partial charge on any atom is -0.311 e. The summed E-state index contributed by atoms with van der Waals surface area (Å²) in [6.07, 6.45) is 0.944. The van der Waals surface area contributed by atoms with Crippen molar-refractivity contribution in [3.63, 3.8) is 0 Å². The van der Waals surface area contributed by atoms with Gasteiger partial charge < -0.3 is 4.90 Å². The van der Waals surface area contributed by atoms with Crippen molar-refractivity contribution in [2.24, 2.45) is 0 Å². The van der Waals surface area contributed by atoms with E-state index in [9.17, 15) is 0 Å². The number of aryl methyl sites for hydroxylation is 2. The van der Waals surface area contributed by atoms with Gasteiger partial charge in [-0.2, -0.15) is 0 Å². The first-order valence-corrected chi connectivity index (χ1v) is 11.4. The minimum atomic E-state index is 0.190. The lowest BCUT2D eigenvalue weighted by Crippen LogP contribution is -2.10. The van der Waals surface area contributed by atoms with Gasteiger partial charge in [-0.3, -0.25) is 0 Å². The molecule has 1 heteroatoms. The first-order valence-electron chi connectivity index (χ1n) is 11.4.